The SMILES string of the molecule is COc1cccc(C(=O)NCc2ccc(C(=O)O)cc2)c1. The van der Waals surface area contributed by atoms with E-state index in [0.717, 1.165) is 5.56 Å². The molecule has 2 aromatic rings. The monoisotopic (exact) mass is 285 g/mol. The summed E-state index contributed by atoms with van der Waals surface area (Å²) in [5.74, 6) is -0.563. The van der Waals surface area contributed by atoms with Crippen molar-refractivity contribution >= 4 is 11.9 Å². The Morgan fingerprint density at radius 3 is 2.43 bits per heavy atom. The predicted molar refractivity (Wildman–Crippen MR) is 77.6 cm³/mol. The van der Waals surface area contributed by atoms with Gasteiger partial charge in [0.15, 0.2) is 0 Å². The van der Waals surface area contributed by atoms with Gasteiger partial charge in [0.05, 0.1) is 12.7 Å². The van der Waals surface area contributed by atoms with Crippen LogP contribution < -0.4 is 10.1 Å². The van der Waals surface area contributed by atoms with E-state index in [2.05, 4.69) is 5.32 Å². The Hall–Kier alpha value is -2.82. The number of benzene rings is 2. The van der Waals surface area contributed by atoms with Crippen molar-refractivity contribution in [3.05, 3.63) is 65.2 Å². The van der Waals surface area contributed by atoms with Gasteiger partial charge in [-0.3, -0.25) is 4.79 Å². The number of rotatable bonds is 5. The summed E-state index contributed by atoms with van der Waals surface area (Å²) in [4.78, 5) is 22.7. The van der Waals surface area contributed by atoms with Crippen molar-refractivity contribution in [3.63, 3.8) is 0 Å². The molecule has 0 bridgehead atoms. The third-order valence-electron chi connectivity index (χ3n) is 2.99. The largest absolute Gasteiger partial charge is 0.497 e. The third-order valence-corrected chi connectivity index (χ3v) is 2.99. The van der Waals surface area contributed by atoms with Crippen molar-refractivity contribution in [3.8, 4) is 5.75 Å². The number of nitrogens with one attached hydrogen (secondary N) is 1. The molecule has 1 amide bonds. The van der Waals surface area contributed by atoms with Crippen molar-refractivity contribution in [1.29, 1.82) is 0 Å². The van der Waals surface area contributed by atoms with Gasteiger partial charge in [-0.15, -0.1) is 0 Å². The van der Waals surface area contributed by atoms with E-state index < -0.39 is 5.97 Å². The Morgan fingerprint density at radius 2 is 1.81 bits per heavy atom. The molecule has 2 rings (SSSR count). The average molecular weight is 285 g/mol. The molecule has 2 aromatic carbocycles. The summed E-state index contributed by atoms with van der Waals surface area (Å²) < 4.78 is 5.07. The molecule has 0 aromatic heterocycles. The van der Waals surface area contributed by atoms with Crippen LogP contribution in [0.1, 0.15) is 26.3 Å². The van der Waals surface area contributed by atoms with E-state index in [4.69, 9.17) is 9.84 Å². The molecule has 5 heteroatoms. The highest BCUT2D eigenvalue weighted by Gasteiger charge is 2.07. The lowest BCUT2D eigenvalue weighted by Crippen LogP contribution is -2.22. The Labute approximate surface area is 122 Å². The van der Waals surface area contributed by atoms with Crippen molar-refractivity contribution in [2.24, 2.45) is 0 Å². The molecule has 0 aliphatic carbocycles. The number of hydrogen-bond acceptors (Lipinski definition) is 3. The maximum Gasteiger partial charge on any atom is 0.335 e. The molecule has 2 N–H and O–H groups in total. The predicted octanol–water partition coefficient (Wildman–Crippen LogP) is 2.32. The molecule has 0 atom stereocenters. The number of carboxylic acids is 1. The van der Waals surface area contributed by atoms with Crippen LogP contribution in [0.2, 0.25) is 0 Å². The van der Waals surface area contributed by atoms with Crippen LogP contribution in [0, 0.1) is 0 Å². The van der Waals surface area contributed by atoms with Gasteiger partial charge in [0.25, 0.3) is 5.91 Å². The molecule has 0 radical (unpaired) electrons. The van der Waals surface area contributed by atoms with Gasteiger partial charge in [0.2, 0.25) is 0 Å². The molecule has 21 heavy (non-hydrogen) atoms. The van der Waals surface area contributed by atoms with Gasteiger partial charge in [-0.2, -0.15) is 0 Å². The zero-order chi connectivity index (χ0) is 15.2. The van der Waals surface area contributed by atoms with E-state index in [-0.39, 0.29) is 11.5 Å². The molecule has 0 fully saturated rings. The quantitative estimate of drug-likeness (QED) is 0.884. The number of carboxylic acid groups (broad SMARTS) is 1. The number of amides is 1. The molecule has 0 saturated carbocycles. The van der Waals surface area contributed by atoms with Crippen molar-refractivity contribution < 1.29 is 19.4 Å². The summed E-state index contributed by atoms with van der Waals surface area (Å²) in [6, 6.07) is 13.2. The zero-order valence-electron chi connectivity index (χ0n) is 11.5. The molecular weight excluding hydrogens is 270 g/mol. The minimum atomic E-state index is -0.970. The lowest BCUT2D eigenvalue weighted by molar-refractivity contribution is 0.0696. The van der Waals surface area contributed by atoms with Gasteiger partial charge in [0.1, 0.15) is 5.75 Å². The Morgan fingerprint density at radius 1 is 1.10 bits per heavy atom. The van der Waals surface area contributed by atoms with Crippen molar-refractivity contribution in [2.45, 2.75) is 6.54 Å². The van der Waals surface area contributed by atoms with E-state index in [1.54, 1.807) is 43.5 Å². The van der Waals surface area contributed by atoms with E-state index in [0.29, 0.717) is 17.9 Å². The Balaban J connectivity index is 1.98. The van der Waals surface area contributed by atoms with Gasteiger partial charge in [0, 0.05) is 12.1 Å². The minimum absolute atomic E-state index is 0.212. The highest BCUT2D eigenvalue weighted by molar-refractivity contribution is 5.94. The standard InChI is InChI=1S/C16H15NO4/c1-21-14-4-2-3-13(9-14)15(18)17-10-11-5-7-12(8-6-11)16(19)20/h2-9H,10H2,1H3,(H,17,18)(H,19,20). The number of carbonyl (C=O) groups is 2. The van der Waals surface area contributed by atoms with Gasteiger partial charge < -0.3 is 15.2 Å². The van der Waals surface area contributed by atoms with Gasteiger partial charge in [-0.1, -0.05) is 18.2 Å². The molecule has 0 heterocycles. The fourth-order valence-electron chi connectivity index (χ4n) is 1.81. The molecule has 0 saturated heterocycles. The molecule has 108 valence electrons. The second-order valence-corrected chi connectivity index (χ2v) is 4.42. The zero-order valence-corrected chi connectivity index (χ0v) is 11.5. The summed E-state index contributed by atoms with van der Waals surface area (Å²) in [6.45, 7) is 0.329. The smallest absolute Gasteiger partial charge is 0.335 e. The van der Waals surface area contributed by atoms with E-state index >= 15 is 0 Å². The maximum absolute atomic E-state index is 12.0. The molecule has 0 unspecified atom stereocenters. The summed E-state index contributed by atoms with van der Waals surface area (Å²) >= 11 is 0. The van der Waals surface area contributed by atoms with Crippen molar-refractivity contribution in [2.75, 3.05) is 7.11 Å². The summed E-state index contributed by atoms with van der Waals surface area (Å²) in [6.07, 6.45) is 0. The first kappa shape index (κ1) is 14.6. The lowest BCUT2D eigenvalue weighted by atomic mass is 10.1. The van der Waals surface area contributed by atoms with Gasteiger partial charge >= 0.3 is 5.97 Å². The average Bonchev–Trinajstić information content (AvgIpc) is 2.53. The van der Waals surface area contributed by atoms with E-state index in [1.807, 2.05) is 0 Å². The number of methoxy groups -OCH3 is 1. The second kappa shape index (κ2) is 6.56. The number of ether oxygens (including phenoxy) is 1. The molecule has 0 aliphatic rings. The first-order valence-electron chi connectivity index (χ1n) is 6.34. The van der Waals surface area contributed by atoms with Gasteiger partial charge in [-0.25, -0.2) is 4.79 Å². The molecule has 5 nitrogen and oxygen atoms in total. The number of hydrogen-bond donors (Lipinski definition) is 2. The number of carbonyl (C=O) groups excluding carboxylic acids is 1. The maximum atomic E-state index is 12.0. The first-order chi connectivity index (χ1) is 10.1. The van der Waals surface area contributed by atoms with E-state index in [1.165, 1.54) is 12.1 Å². The van der Waals surface area contributed by atoms with Crippen molar-refractivity contribution in [1.82, 2.24) is 5.32 Å². The third kappa shape index (κ3) is 3.82. The van der Waals surface area contributed by atoms with Crippen LogP contribution in [0.15, 0.2) is 48.5 Å². The topological polar surface area (TPSA) is 75.6 Å². The van der Waals surface area contributed by atoms with E-state index in [9.17, 15) is 9.59 Å². The Kier molecular flexibility index (Phi) is 4.56. The van der Waals surface area contributed by atoms with Crippen LogP contribution >= 0.6 is 0 Å². The molecule has 0 spiro atoms. The summed E-state index contributed by atoms with van der Waals surface area (Å²) in [5.41, 5.74) is 1.56. The highest BCUT2D eigenvalue weighted by Crippen LogP contribution is 2.12. The summed E-state index contributed by atoms with van der Waals surface area (Å²) in [7, 11) is 1.54. The van der Waals surface area contributed by atoms with Crippen LogP contribution in [0.5, 0.6) is 5.75 Å². The fourth-order valence-corrected chi connectivity index (χ4v) is 1.81. The Bertz CT molecular complexity index is 650. The second-order valence-electron chi connectivity index (χ2n) is 4.42. The molecule has 0 aliphatic heterocycles. The van der Waals surface area contributed by atoms with Crippen LogP contribution in [-0.4, -0.2) is 24.1 Å². The van der Waals surface area contributed by atoms with Crippen LogP contribution in [0.4, 0.5) is 0 Å². The normalized spacial score (nSPS) is 9.95. The lowest BCUT2D eigenvalue weighted by Gasteiger charge is -2.07. The highest BCUT2D eigenvalue weighted by atomic mass is 16.5. The number of aromatic carboxylic acids is 1. The van der Waals surface area contributed by atoms with Gasteiger partial charge in [-0.05, 0) is 35.9 Å². The van der Waals surface area contributed by atoms with Crippen LogP contribution in [-0.2, 0) is 6.54 Å². The minimum Gasteiger partial charge on any atom is -0.497 e. The van der Waals surface area contributed by atoms with Crippen LogP contribution in [0.25, 0.3) is 0 Å². The first-order valence-corrected chi connectivity index (χ1v) is 6.34. The fraction of sp³-hybridized carbons (Fsp3) is 0.125. The van der Waals surface area contributed by atoms with Crippen LogP contribution in [0.3, 0.4) is 0 Å². The summed E-state index contributed by atoms with van der Waals surface area (Å²) in [5, 5.41) is 11.6. The molecular formula is C16H15NO4.